The Morgan fingerprint density at radius 2 is 2.13 bits per heavy atom. The molecule has 2 amide bonds. The first kappa shape index (κ1) is 15.6. The molecule has 1 atom stereocenters. The molecule has 5 nitrogen and oxygen atoms in total. The maximum atomic E-state index is 12.2. The van der Waals surface area contributed by atoms with Gasteiger partial charge in [0.05, 0.1) is 12.6 Å². The molecule has 1 fully saturated rings. The molecule has 0 aliphatic carbocycles. The fraction of sp³-hybridized carbons (Fsp3) is 0.444. The Kier molecular flexibility index (Phi) is 4.65. The summed E-state index contributed by atoms with van der Waals surface area (Å²) in [7, 11) is 0. The van der Waals surface area contributed by atoms with Gasteiger partial charge in [0, 0.05) is 18.4 Å². The summed E-state index contributed by atoms with van der Waals surface area (Å²) in [4.78, 5) is 25.8. The maximum absolute atomic E-state index is 12.2. The van der Waals surface area contributed by atoms with E-state index in [4.69, 9.17) is 4.42 Å². The van der Waals surface area contributed by atoms with Crippen LogP contribution in [0.1, 0.15) is 44.4 Å². The number of carbonyl (C=O) groups excluding carboxylic acids is 2. The minimum Gasteiger partial charge on any atom is -0.459 e. The Hall–Kier alpha value is -2.30. The lowest BCUT2D eigenvalue weighted by atomic mass is 10.2. The van der Waals surface area contributed by atoms with Crippen LogP contribution >= 0.6 is 0 Å². The van der Waals surface area contributed by atoms with Crippen molar-refractivity contribution in [2.75, 3.05) is 13.1 Å². The second-order valence-corrected chi connectivity index (χ2v) is 6.10. The Bertz CT molecular complexity index is 674. The first-order valence-corrected chi connectivity index (χ1v) is 8.19. The predicted octanol–water partition coefficient (Wildman–Crippen LogP) is 3.01. The monoisotopic (exact) mass is 314 g/mol. The third kappa shape index (κ3) is 3.73. The molecule has 2 aromatic rings. The van der Waals surface area contributed by atoms with E-state index in [2.05, 4.69) is 5.32 Å². The van der Waals surface area contributed by atoms with Gasteiger partial charge in [-0.25, -0.2) is 0 Å². The van der Waals surface area contributed by atoms with Gasteiger partial charge in [-0.15, -0.1) is 0 Å². The molecule has 23 heavy (non-hydrogen) atoms. The predicted molar refractivity (Wildman–Crippen MR) is 87.8 cm³/mol. The third-order valence-electron chi connectivity index (χ3n) is 4.25. The number of carbonyl (C=O) groups is 2. The molecule has 1 unspecified atom stereocenters. The van der Waals surface area contributed by atoms with Gasteiger partial charge in [0.25, 0.3) is 0 Å². The van der Waals surface area contributed by atoms with E-state index >= 15 is 0 Å². The lowest BCUT2D eigenvalue weighted by Gasteiger charge is -2.21. The fourth-order valence-electron chi connectivity index (χ4n) is 2.95. The lowest BCUT2D eigenvalue weighted by molar-refractivity contribution is -0.135. The van der Waals surface area contributed by atoms with E-state index in [1.165, 1.54) is 0 Å². The number of fused-ring (bicyclic) bond motifs is 1. The number of furan rings is 1. The van der Waals surface area contributed by atoms with Crippen LogP contribution in [0.3, 0.4) is 0 Å². The molecule has 1 aromatic carbocycles. The highest BCUT2D eigenvalue weighted by Gasteiger charge is 2.21. The number of likely N-dealkylation sites (tertiary alicyclic amines) is 1. The van der Waals surface area contributed by atoms with E-state index in [0.717, 1.165) is 36.0 Å². The highest BCUT2D eigenvalue weighted by molar-refractivity contribution is 5.85. The van der Waals surface area contributed by atoms with Crippen molar-refractivity contribution in [3.8, 4) is 0 Å². The van der Waals surface area contributed by atoms with E-state index in [-0.39, 0.29) is 24.4 Å². The van der Waals surface area contributed by atoms with Crippen molar-refractivity contribution in [2.45, 2.75) is 38.6 Å². The summed E-state index contributed by atoms with van der Waals surface area (Å²) in [5, 5.41) is 3.94. The number of para-hydroxylation sites is 1. The summed E-state index contributed by atoms with van der Waals surface area (Å²) in [5.74, 6) is 0.656. The molecule has 5 heteroatoms. The molecule has 122 valence electrons. The molecule has 1 N–H and O–H groups in total. The molecule has 1 aliphatic rings. The molecule has 1 aliphatic heterocycles. The second-order valence-electron chi connectivity index (χ2n) is 6.10. The standard InChI is InChI=1S/C18H22N2O3/c1-13(16-11-14-7-4-5-8-15(14)23-16)19-17(21)12-20-10-6-2-3-9-18(20)22/h4-5,7-8,11,13H,2-3,6,9-10,12H2,1H3,(H,19,21). The Morgan fingerprint density at radius 3 is 2.96 bits per heavy atom. The summed E-state index contributed by atoms with van der Waals surface area (Å²) in [5.41, 5.74) is 0.811. The number of rotatable bonds is 4. The van der Waals surface area contributed by atoms with Crippen LogP contribution in [-0.4, -0.2) is 29.8 Å². The van der Waals surface area contributed by atoms with Gasteiger partial charge in [0.15, 0.2) is 0 Å². The van der Waals surface area contributed by atoms with Crippen LogP contribution < -0.4 is 5.32 Å². The first-order chi connectivity index (χ1) is 11.1. The van der Waals surface area contributed by atoms with Gasteiger partial charge in [0.1, 0.15) is 11.3 Å². The lowest BCUT2D eigenvalue weighted by Crippen LogP contribution is -2.41. The zero-order chi connectivity index (χ0) is 16.2. The van der Waals surface area contributed by atoms with Crippen molar-refractivity contribution in [3.63, 3.8) is 0 Å². The number of hydrogen-bond acceptors (Lipinski definition) is 3. The van der Waals surface area contributed by atoms with Gasteiger partial charge >= 0.3 is 0 Å². The van der Waals surface area contributed by atoms with Crippen molar-refractivity contribution in [1.82, 2.24) is 10.2 Å². The van der Waals surface area contributed by atoms with Crippen molar-refractivity contribution >= 4 is 22.8 Å². The average molecular weight is 314 g/mol. The van der Waals surface area contributed by atoms with E-state index in [9.17, 15) is 9.59 Å². The van der Waals surface area contributed by atoms with E-state index < -0.39 is 0 Å². The second kappa shape index (κ2) is 6.86. The molecule has 0 saturated carbocycles. The van der Waals surface area contributed by atoms with E-state index in [1.54, 1.807) is 4.90 Å². The summed E-state index contributed by atoms with van der Waals surface area (Å²) in [6.45, 7) is 2.69. The summed E-state index contributed by atoms with van der Waals surface area (Å²) >= 11 is 0. The van der Waals surface area contributed by atoms with Crippen LogP contribution in [0.15, 0.2) is 34.7 Å². The van der Waals surface area contributed by atoms with Crippen LogP contribution in [0.2, 0.25) is 0 Å². The first-order valence-electron chi connectivity index (χ1n) is 8.19. The average Bonchev–Trinajstić information content (AvgIpc) is 2.87. The topological polar surface area (TPSA) is 62.6 Å². The number of benzene rings is 1. The van der Waals surface area contributed by atoms with Gasteiger partial charge in [-0.3, -0.25) is 9.59 Å². The molecule has 1 saturated heterocycles. The van der Waals surface area contributed by atoms with E-state index in [0.29, 0.717) is 13.0 Å². The van der Waals surface area contributed by atoms with Gasteiger partial charge in [-0.05, 0) is 31.9 Å². The van der Waals surface area contributed by atoms with Crippen LogP contribution in [0.25, 0.3) is 11.0 Å². The smallest absolute Gasteiger partial charge is 0.240 e. The highest BCUT2D eigenvalue weighted by atomic mass is 16.3. The van der Waals surface area contributed by atoms with Gasteiger partial charge in [-0.2, -0.15) is 0 Å². The molecule has 3 rings (SSSR count). The normalized spacial score (nSPS) is 17.1. The molecule has 0 spiro atoms. The van der Waals surface area contributed by atoms with Crippen LogP contribution in [-0.2, 0) is 9.59 Å². The largest absolute Gasteiger partial charge is 0.459 e. The molecule has 0 bridgehead atoms. The fourth-order valence-corrected chi connectivity index (χ4v) is 2.95. The SMILES string of the molecule is CC(NC(=O)CN1CCCCCC1=O)c1cc2ccccc2o1. The number of hydrogen-bond donors (Lipinski definition) is 1. The summed E-state index contributed by atoms with van der Waals surface area (Å²) < 4.78 is 5.77. The molecule has 1 aromatic heterocycles. The Labute approximate surface area is 135 Å². The number of amides is 2. The molecule has 2 heterocycles. The summed E-state index contributed by atoms with van der Waals surface area (Å²) in [6, 6.07) is 9.48. The maximum Gasteiger partial charge on any atom is 0.240 e. The Morgan fingerprint density at radius 1 is 1.30 bits per heavy atom. The zero-order valence-electron chi connectivity index (χ0n) is 13.4. The molecular weight excluding hydrogens is 292 g/mol. The van der Waals surface area contributed by atoms with E-state index in [1.807, 2.05) is 37.3 Å². The highest BCUT2D eigenvalue weighted by Crippen LogP contribution is 2.23. The quantitative estimate of drug-likeness (QED) is 0.943. The van der Waals surface area contributed by atoms with Crippen molar-refractivity contribution in [2.24, 2.45) is 0 Å². The van der Waals surface area contributed by atoms with Crippen molar-refractivity contribution in [1.29, 1.82) is 0 Å². The minimum absolute atomic E-state index is 0.0778. The van der Waals surface area contributed by atoms with Crippen molar-refractivity contribution < 1.29 is 14.0 Å². The third-order valence-corrected chi connectivity index (χ3v) is 4.25. The van der Waals surface area contributed by atoms with Crippen LogP contribution in [0.4, 0.5) is 0 Å². The summed E-state index contributed by atoms with van der Waals surface area (Å²) in [6.07, 6.45) is 3.50. The number of nitrogens with zero attached hydrogens (tertiary/aromatic N) is 1. The van der Waals surface area contributed by atoms with Crippen LogP contribution in [0.5, 0.6) is 0 Å². The van der Waals surface area contributed by atoms with Crippen molar-refractivity contribution in [3.05, 3.63) is 36.1 Å². The molecular formula is C18H22N2O3. The minimum atomic E-state index is -0.225. The molecule has 0 radical (unpaired) electrons. The van der Waals surface area contributed by atoms with Gasteiger partial charge < -0.3 is 14.6 Å². The number of nitrogens with one attached hydrogen (secondary N) is 1. The Balaban J connectivity index is 1.61. The zero-order valence-corrected chi connectivity index (χ0v) is 13.4. The van der Waals surface area contributed by atoms with Gasteiger partial charge in [0.2, 0.25) is 11.8 Å². The van der Waals surface area contributed by atoms with Crippen LogP contribution in [0, 0.1) is 0 Å². The van der Waals surface area contributed by atoms with Gasteiger partial charge in [-0.1, -0.05) is 24.6 Å².